The Kier molecular flexibility index (Phi) is 4.15. The first-order valence-electron chi connectivity index (χ1n) is 5.10. The van der Waals surface area contributed by atoms with Gasteiger partial charge in [-0.25, -0.2) is 4.98 Å². The van der Waals surface area contributed by atoms with Crippen LogP contribution in [0, 0.1) is 0 Å². The molecule has 0 aliphatic carbocycles. The maximum atomic E-state index is 5.83. The molecule has 5 nitrogen and oxygen atoms in total. The molecule has 0 spiro atoms. The van der Waals surface area contributed by atoms with Gasteiger partial charge in [0.2, 0.25) is 5.88 Å². The van der Waals surface area contributed by atoms with Crippen LogP contribution in [0.1, 0.15) is 26.7 Å². The van der Waals surface area contributed by atoms with E-state index in [0.717, 1.165) is 12.8 Å². The minimum absolute atomic E-state index is 0.344. The summed E-state index contributed by atoms with van der Waals surface area (Å²) in [5, 5.41) is 3.23. The lowest BCUT2D eigenvalue weighted by molar-refractivity contribution is 0.399. The molecule has 84 valence electrons. The fourth-order valence-corrected chi connectivity index (χ4v) is 1.40. The SMILES string of the molecule is CCCC(C)Nc1ncnc(OC)c1N. The fourth-order valence-electron chi connectivity index (χ4n) is 1.40. The molecule has 0 saturated heterocycles. The molecule has 5 heteroatoms. The average Bonchev–Trinajstić information content (AvgIpc) is 2.21. The predicted octanol–water partition coefficient (Wildman–Crippen LogP) is 1.67. The van der Waals surface area contributed by atoms with Crippen LogP contribution in [0.15, 0.2) is 6.33 Å². The van der Waals surface area contributed by atoms with Crippen LogP contribution in [0.3, 0.4) is 0 Å². The van der Waals surface area contributed by atoms with Gasteiger partial charge in [0.05, 0.1) is 7.11 Å². The number of nitrogens with one attached hydrogen (secondary N) is 1. The summed E-state index contributed by atoms with van der Waals surface area (Å²) in [6, 6.07) is 0.344. The highest BCUT2D eigenvalue weighted by Crippen LogP contribution is 2.24. The lowest BCUT2D eigenvalue weighted by atomic mass is 10.2. The molecule has 1 heterocycles. The van der Waals surface area contributed by atoms with Gasteiger partial charge in [-0.1, -0.05) is 13.3 Å². The first-order chi connectivity index (χ1) is 7.19. The van der Waals surface area contributed by atoms with Gasteiger partial charge in [0, 0.05) is 6.04 Å². The second-order valence-electron chi connectivity index (χ2n) is 3.48. The van der Waals surface area contributed by atoms with Gasteiger partial charge in [0.15, 0.2) is 5.82 Å². The highest BCUT2D eigenvalue weighted by Gasteiger charge is 2.09. The minimum atomic E-state index is 0.344. The summed E-state index contributed by atoms with van der Waals surface area (Å²) >= 11 is 0. The number of ether oxygens (including phenoxy) is 1. The van der Waals surface area contributed by atoms with Crippen LogP contribution in [-0.2, 0) is 0 Å². The van der Waals surface area contributed by atoms with Gasteiger partial charge in [0.1, 0.15) is 12.0 Å². The molecular weight excluding hydrogens is 192 g/mol. The van der Waals surface area contributed by atoms with Crippen molar-refractivity contribution < 1.29 is 4.74 Å². The van der Waals surface area contributed by atoms with Gasteiger partial charge in [-0.3, -0.25) is 0 Å². The number of nitrogen functional groups attached to an aromatic ring is 1. The zero-order valence-electron chi connectivity index (χ0n) is 9.45. The van der Waals surface area contributed by atoms with Crippen molar-refractivity contribution in [1.29, 1.82) is 0 Å². The number of hydrogen-bond donors (Lipinski definition) is 2. The number of rotatable bonds is 5. The molecule has 15 heavy (non-hydrogen) atoms. The number of hydrogen-bond acceptors (Lipinski definition) is 5. The molecule has 0 fully saturated rings. The summed E-state index contributed by atoms with van der Waals surface area (Å²) in [6.45, 7) is 4.24. The number of nitrogens with zero attached hydrogens (tertiary/aromatic N) is 2. The standard InChI is InChI=1S/C10H18N4O/c1-4-5-7(2)14-9-8(11)10(15-3)13-6-12-9/h6-7H,4-5,11H2,1-3H3,(H,12,13,14). The zero-order chi connectivity index (χ0) is 11.3. The maximum Gasteiger partial charge on any atom is 0.242 e. The first kappa shape index (κ1) is 11.6. The molecule has 0 amide bonds. The summed E-state index contributed by atoms with van der Waals surface area (Å²) in [4.78, 5) is 7.99. The van der Waals surface area contributed by atoms with Crippen LogP contribution < -0.4 is 15.8 Å². The third-order valence-electron chi connectivity index (χ3n) is 2.15. The van der Waals surface area contributed by atoms with Crippen LogP contribution >= 0.6 is 0 Å². The summed E-state index contributed by atoms with van der Waals surface area (Å²) in [5.41, 5.74) is 6.29. The molecule has 1 unspecified atom stereocenters. The molecule has 0 aliphatic rings. The quantitative estimate of drug-likeness (QED) is 0.773. The fraction of sp³-hybridized carbons (Fsp3) is 0.600. The highest BCUT2D eigenvalue weighted by molar-refractivity contribution is 5.66. The Morgan fingerprint density at radius 2 is 2.27 bits per heavy atom. The second kappa shape index (κ2) is 5.38. The summed E-state index contributed by atoms with van der Waals surface area (Å²) in [5.74, 6) is 1.05. The van der Waals surface area contributed by atoms with Crippen molar-refractivity contribution in [1.82, 2.24) is 9.97 Å². The number of methoxy groups -OCH3 is 1. The van der Waals surface area contributed by atoms with Crippen LogP contribution in [0.2, 0.25) is 0 Å². The van der Waals surface area contributed by atoms with Gasteiger partial charge in [-0.05, 0) is 13.3 Å². The Labute approximate surface area is 90.1 Å². The Morgan fingerprint density at radius 3 is 2.87 bits per heavy atom. The molecule has 0 aliphatic heterocycles. The van der Waals surface area contributed by atoms with E-state index in [9.17, 15) is 0 Å². The van der Waals surface area contributed by atoms with Crippen LogP contribution in [0.4, 0.5) is 11.5 Å². The molecule has 0 saturated carbocycles. The van der Waals surface area contributed by atoms with Gasteiger partial charge >= 0.3 is 0 Å². The monoisotopic (exact) mass is 210 g/mol. The van der Waals surface area contributed by atoms with Crippen LogP contribution in [-0.4, -0.2) is 23.1 Å². The van der Waals surface area contributed by atoms with Crippen molar-refractivity contribution in [3.8, 4) is 5.88 Å². The Balaban J connectivity index is 2.76. The molecule has 1 rings (SSSR count). The van der Waals surface area contributed by atoms with Crippen molar-refractivity contribution >= 4 is 11.5 Å². The van der Waals surface area contributed by atoms with Crippen molar-refractivity contribution in [3.63, 3.8) is 0 Å². The van der Waals surface area contributed by atoms with E-state index in [4.69, 9.17) is 10.5 Å². The zero-order valence-corrected chi connectivity index (χ0v) is 9.45. The Morgan fingerprint density at radius 1 is 1.53 bits per heavy atom. The molecule has 0 aromatic carbocycles. The van der Waals surface area contributed by atoms with Crippen LogP contribution in [0.5, 0.6) is 5.88 Å². The summed E-state index contributed by atoms with van der Waals surface area (Å²) in [7, 11) is 1.54. The molecule has 1 aromatic heterocycles. The molecule has 0 bridgehead atoms. The van der Waals surface area contributed by atoms with E-state index in [-0.39, 0.29) is 0 Å². The van der Waals surface area contributed by atoms with Gasteiger partial charge in [0.25, 0.3) is 0 Å². The lowest BCUT2D eigenvalue weighted by Crippen LogP contribution is -2.17. The van der Waals surface area contributed by atoms with E-state index >= 15 is 0 Å². The average molecular weight is 210 g/mol. The number of anilines is 2. The largest absolute Gasteiger partial charge is 0.479 e. The Hall–Kier alpha value is -1.52. The van der Waals surface area contributed by atoms with Crippen molar-refractivity contribution in [2.45, 2.75) is 32.7 Å². The second-order valence-corrected chi connectivity index (χ2v) is 3.48. The highest BCUT2D eigenvalue weighted by atomic mass is 16.5. The number of nitrogens with two attached hydrogens (primary N) is 1. The molecule has 3 N–H and O–H groups in total. The molecule has 0 radical (unpaired) electrons. The maximum absolute atomic E-state index is 5.83. The van der Waals surface area contributed by atoms with Gasteiger partial charge in [-0.2, -0.15) is 4.98 Å². The predicted molar refractivity (Wildman–Crippen MR) is 61.0 cm³/mol. The molecule has 1 atom stereocenters. The van der Waals surface area contributed by atoms with Gasteiger partial charge < -0.3 is 15.8 Å². The third kappa shape index (κ3) is 2.97. The van der Waals surface area contributed by atoms with Gasteiger partial charge in [-0.15, -0.1) is 0 Å². The minimum Gasteiger partial charge on any atom is -0.479 e. The van der Waals surface area contributed by atoms with E-state index < -0.39 is 0 Å². The Bertz CT molecular complexity index is 316. The smallest absolute Gasteiger partial charge is 0.242 e. The van der Waals surface area contributed by atoms with E-state index in [0.29, 0.717) is 23.4 Å². The normalized spacial score (nSPS) is 12.2. The van der Waals surface area contributed by atoms with Crippen molar-refractivity contribution in [2.24, 2.45) is 0 Å². The topological polar surface area (TPSA) is 73.1 Å². The van der Waals surface area contributed by atoms with E-state index in [1.165, 1.54) is 13.4 Å². The van der Waals surface area contributed by atoms with E-state index in [2.05, 4.69) is 29.1 Å². The van der Waals surface area contributed by atoms with Crippen LogP contribution in [0.25, 0.3) is 0 Å². The number of aromatic nitrogens is 2. The molecular formula is C10H18N4O. The first-order valence-corrected chi connectivity index (χ1v) is 5.10. The third-order valence-corrected chi connectivity index (χ3v) is 2.15. The van der Waals surface area contributed by atoms with Crippen molar-refractivity contribution in [3.05, 3.63) is 6.33 Å². The molecule has 1 aromatic rings. The lowest BCUT2D eigenvalue weighted by Gasteiger charge is -2.15. The summed E-state index contributed by atoms with van der Waals surface area (Å²) in [6.07, 6.45) is 3.64. The van der Waals surface area contributed by atoms with E-state index in [1.807, 2.05) is 0 Å². The van der Waals surface area contributed by atoms with Crippen molar-refractivity contribution in [2.75, 3.05) is 18.2 Å². The summed E-state index contributed by atoms with van der Waals surface area (Å²) < 4.78 is 5.01. The van der Waals surface area contributed by atoms with E-state index in [1.54, 1.807) is 0 Å².